The number of carbonyl (C=O) groups excluding carboxylic acids is 2. The summed E-state index contributed by atoms with van der Waals surface area (Å²) in [4.78, 5) is 34.0. The summed E-state index contributed by atoms with van der Waals surface area (Å²) in [5, 5.41) is 5.83. The van der Waals surface area contributed by atoms with E-state index in [0.717, 1.165) is 121 Å². The van der Waals surface area contributed by atoms with Gasteiger partial charge in [-0.2, -0.15) is 0 Å². The number of hydrogen-bond donors (Lipinski definition) is 2. The number of anilines is 1. The number of methoxy groups -OCH3 is 1. The van der Waals surface area contributed by atoms with Gasteiger partial charge in [-0.05, 0) is 112 Å². The van der Waals surface area contributed by atoms with E-state index >= 15 is 0 Å². The maximum Gasteiger partial charge on any atom is 0.262 e. The molecular weight excluding hydrogens is 667 g/mol. The molecule has 9 heteroatoms. The average molecular weight is 716 g/mol. The number of benzene rings is 3. The number of pyridine rings is 1. The minimum absolute atomic E-state index is 0. The van der Waals surface area contributed by atoms with Crippen LogP contribution in [-0.2, 0) is 17.6 Å². The highest BCUT2D eigenvalue weighted by Crippen LogP contribution is 2.40. The predicted molar refractivity (Wildman–Crippen MR) is 207 cm³/mol. The molecule has 1 unspecified atom stereocenters. The smallest absolute Gasteiger partial charge is 0.262 e. The monoisotopic (exact) mass is 714 g/mol. The standard InChI is InChI=1S/C41H47ClN4O3.ClH/c1-27-38(34-26-30(49-2)23-24-37(34)46(27)41(48)28-19-21-29(42)22-20-28)33(16-8-6-4-3-5-7-13-25-43)40(47)45-39-31-14-9-11-17-35(31)44-36-18-12-10-15-32(36)39;/h9,11,14,17,19-24,26,33H,3-8,10,12-13,15-16,18,25,43H2,1-2H3,(H,44,45,47);1H. The minimum atomic E-state index is -0.489. The number of nitrogens with one attached hydrogen (secondary N) is 1. The van der Waals surface area contributed by atoms with Crippen molar-refractivity contribution in [1.29, 1.82) is 0 Å². The van der Waals surface area contributed by atoms with Crippen molar-refractivity contribution >= 4 is 63.3 Å². The summed E-state index contributed by atoms with van der Waals surface area (Å²) >= 11 is 6.17. The van der Waals surface area contributed by atoms with Crippen molar-refractivity contribution in [3.05, 3.63) is 99.8 Å². The van der Waals surface area contributed by atoms with Gasteiger partial charge in [-0.15, -0.1) is 12.4 Å². The number of hydrogen-bond acceptors (Lipinski definition) is 5. The lowest BCUT2D eigenvalue weighted by molar-refractivity contribution is -0.117. The van der Waals surface area contributed by atoms with Gasteiger partial charge in [0.1, 0.15) is 5.75 Å². The van der Waals surface area contributed by atoms with Crippen molar-refractivity contribution in [2.24, 2.45) is 5.73 Å². The Kier molecular flexibility index (Phi) is 13.0. The highest BCUT2D eigenvalue weighted by atomic mass is 35.5. The maximum absolute atomic E-state index is 14.8. The second kappa shape index (κ2) is 17.3. The molecule has 3 N–H and O–H groups in total. The number of rotatable bonds is 14. The van der Waals surface area contributed by atoms with Crippen molar-refractivity contribution in [3.8, 4) is 5.75 Å². The van der Waals surface area contributed by atoms with Gasteiger partial charge in [0.2, 0.25) is 5.91 Å². The molecule has 0 saturated carbocycles. The van der Waals surface area contributed by atoms with Crippen LogP contribution in [0.3, 0.4) is 0 Å². The molecule has 2 heterocycles. The van der Waals surface area contributed by atoms with E-state index in [1.807, 2.05) is 43.3 Å². The van der Waals surface area contributed by atoms with E-state index in [9.17, 15) is 9.59 Å². The summed E-state index contributed by atoms with van der Waals surface area (Å²) in [6, 6.07) is 20.8. The Morgan fingerprint density at radius 2 is 1.62 bits per heavy atom. The first-order chi connectivity index (χ1) is 23.9. The number of aromatic nitrogens is 2. The molecule has 1 aliphatic carbocycles. The van der Waals surface area contributed by atoms with Gasteiger partial charge >= 0.3 is 0 Å². The third-order valence-electron chi connectivity index (χ3n) is 10.0. The Labute approximate surface area is 306 Å². The summed E-state index contributed by atoms with van der Waals surface area (Å²) in [6.45, 7) is 2.70. The summed E-state index contributed by atoms with van der Waals surface area (Å²) in [5.74, 6) is -0.0367. The fraction of sp³-hybridized carbons (Fsp3) is 0.390. The summed E-state index contributed by atoms with van der Waals surface area (Å²) in [6.07, 6.45) is 12.3. The molecule has 0 saturated heterocycles. The van der Waals surface area contributed by atoms with Crippen LogP contribution in [0.4, 0.5) is 5.69 Å². The Balaban J connectivity index is 0.00000486. The molecule has 264 valence electrons. The molecule has 0 fully saturated rings. The second-order valence-electron chi connectivity index (χ2n) is 13.3. The van der Waals surface area contributed by atoms with Gasteiger partial charge in [-0.3, -0.25) is 19.1 Å². The number of amides is 1. The first kappa shape index (κ1) is 37.3. The molecule has 2 aromatic heterocycles. The number of fused-ring (bicyclic) bond motifs is 3. The molecule has 7 nitrogen and oxygen atoms in total. The number of ether oxygens (including phenoxy) is 1. The predicted octanol–water partition coefficient (Wildman–Crippen LogP) is 9.95. The summed E-state index contributed by atoms with van der Waals surface area (Å²) in [5.41, 5.74) is 12.6. The number of para-hydroxylation sites is 1. The van der Waals surface area contributed by atoms with Gasteiger partial charge < -0.3 is 15.8 Å². The number of aryl methyl sites for hydroxylation is 1. The molecule has 1 aliphatic rings. The van der Waals surface area contributed by atoms with Gasteiger partial charge in [0.15, 0.2) is 0 Å². The van der Waals surface area contributed by atoms with Crippen molar-refractivity contribution in [2.75, 3.05) is 19.0 Å². The second-order valence-corrected chi connectivity index (χ2v) is 13.7. The van der Waals surface area contributed by atoms with Crippen LogP contribution >= 0.6 is 24.0 Å². The Hall–Kier alpha value is -3.91. The Morgan fingerprint density at radius 1 is 0.920 bits per heavy atom. The van der Waals surface area contributed by atoms with E-state index in [-0.39, 0.29) is 24.2 Å². The molecule has 0 aliphatic heterocycles. The molecule has 0 bridgehead atoms. The quantitative estimate of drug-likeness (QED) is 0.112. The van der Waals surface area contributed by atoms with Crippen molar-refractivity contribution < 1.29 is 14.3 Å². The van der Waals surface area contributed by atoms with Gasteiger partial charge in [-0.1, -0.05) is 68.3 Å². The van der Waals surface area contributed by atoms with Gasteiger partial charge in [0, 0.05) is 32.7 Å². The van der Waals surface area contributed by atoms with E-state index in [4.69, 9.17) is 27.1 Å². The Morgan fingerprint density at radius 3 is 2.36 bits per heavy atom. The summed E-state index contributed by atoms with van der Waals surface area (Å²) < 4.78 is 7.41. The van der Waals surface area contributed by atoms with Crippen LogP contribution in [0.1, 0.15) is 103 Å². The largest absolute Gasteiger partial charge is 0.497 e. The van der Waals surface area contributed by atoms with Crippen LogP contribution in [0.5, 0.6) is 5.75 Å². The third kappa shape index (κ3) is 8.01. The lowest BCUT2D eigenvalue weighted by Gasteiger charge is -2.24. The highest BCUT2D eigenvalue weighted by molar-refractivity contribution is 6.30. The number of carbonyl (C=O) groups is 2. The van der Waals surface area contributed by atoms with Gasteiger partial charge in [0.25, 0.3) is 5.91 Å². The molecule has 0 radical (unpaired) electrons. The van der Waals surface area contributed by atoms with Crippen LogP contribution in [0.15, 0.2) is 66.7 Å². The lowest BCUT2D eigenvalue weighted by Crippen LogP contribution is -2.24. The first-order valence-corrected chi connectivity index (χ1v) is 18.2. The van der Waals surface area contributed by atoms with E-state index in [1.54, 1.807) is 35.9 Å². The zero-order valence-electron chi connectivity index (χ0n) is 29.1. The number of nitrogens with zero attached hydrogens (tertiary/aromatic N) is 2. The van der Waals surface area contributed by atoms with Gasteiger partial charge in [-0.25, -0.2) is 0 Å². The highest BCUT2D eigenvalue weighted by Gasteiger charge is 2.31. The number of halogens is 2. The average Bonchev–Trinajstić information content (AvgIpc) is 3.41. The topological polar surface area (TPSA) is 99.2 Å². The van der Waals surface area contributed by atoms with Crippen molar-refractivity contribution in [3.63, 3.8) is 0 Å². The minimum Gasteiger partial charge on any atom is -0.497 e. The fourth-order valence-electron chi connectivity index (χ4n) is 7.48. The van der Waals surface area contributed by atoms with Crippen LogP contribution in [-0.4, -0.2) is 35.0 Å². The van der Waals surface area contributed by atoms with Crippen LogP contribution in [0.2, 0.25) is 5.02 Å². The molecule has 50 heavy (non-hydrogen) atoms. The Bertz CT molecular complexity index is 1950. The van der Waals surface area contributed by atoms with Crippen LogP contribution in [0, 0.1) is 6.92 Å². The normalized spacial score (nSPS) is 13.1. The number of nitrogens with two attached hydrogens (primary N) is 1. The lowest BCUT2D eigenvalue weighted by atomic mass is 9.88. The van der Waals surface area contributed by atoms with E-state index in [1.165, 1.54) is 6.42 Å². The van der Waals surface area contributed by atoms with E-state index < -0.39 is 5.92 Å². The van der Waals surface area contributed by atoms with Crippen LogP contribution in [0.25, 0.3) is 21.8 Å². The maximum atomic E-state index is 14.8. The first-order valence-electron chi connectivity index (χ1n) is 17.8. The molecule has 3 aromatic carbocycles. The van der Waals surface area contributed by atoms with Crippen molar-refractivity contribution in [1.82, 2.24) is 9.55 Å². The van der Waals surface area contributed by atoms with Gasteiger partial charge in [0.05, 0.1) is 29.7 Å². The van der Waals surface area contributed by atoms with Crippen molar-refractivity contribution in [2.45, 2.75) is 89.9 Å². The number of unbranched alkanes of at least 4 members (excludes halogenated alkanes) is 6. The fourth-order valence-corrected chi connectivity index (χ4v) is 7.61. The zero-order valence-corrected chi connectivity index (χ0v) is 30.7. The molecule has 1 amide bonds. The molecule has 1 atom stereocenters. The molecular formula is C41H48Cl2N4O3. The van der Waals surface area contributed by atoms with E-state index in [0.29, 0.717) is 22.8 Å². The third-order valence-corrected chi connectivity index (χ3v) is 10.3. The zero-order chi connectivity index (χ0) is 34.3. The molecule has 0 spiro atoms. The molecule has 5 aromatic rings. The van der Waals surface area contributed by atoms with E-state index in [2.05, 4.69) is 11.4 Å². The van der Waals surface area contributed by atoms with Crippen LogP contribution < -0.4 is 15.8 Å². The summed E-state index contributed by atoms with van der Waals surface area (Å²) in [7, 11) is 1.64. The SMILES string of the molecule is COc1ccc2c(c1)c(C(CCCCCCCCCN)C(=O)Nc1c3c(nc4ccccc14)CCCC3)c(C)n2C(=O)c1ccc(Cl)cc1.Cl. The molecule has 6 rings (SSSR count).